The standard InChI is InChI=1S/C17H27N3O2/c1-17(2,3)15(18)16(21)20-10-8-19(9-11-20)13-6-5-7-14(12-13)22-4/h5-7,12,15H,8-11,18H2,1-4H3/t15-/m1/s1. The number of rotatable bonds is 3. The lowest BCUT2D eigenvalue weighted by Gasteiger charge is -2.39. The molecular weight excluding hydrogens is 278 g/mol. The van der Waals surface area contributed by atoms with Crippen molar-refractivity contribution in [3.8, 4) is 5.75 Å². The van der Waals surface area contributed by atoms with Crippen molar-refractivity contribution in [2.75, 3.05) is 38.2 Å². The zero-order chi connectivity index (χ0) is 16.3. The van der Waals surface area contributed by atoms with Gasteiger partial charge in [0, 0.05) is 37.9 Å². The number of anilines is 1. The van der Waals surface area contributed by atoms with Gasteiger partial charge >= 0.3 is 0 Å². The van der Waals surface area contributed by atoms with Gasteiger partial charge < -0.3 is 20.3 Å². The Morgan fingerprint density at radius 3 is 2.41 bits per heavy atom. The Morgan fingerprint density at radius 1 is 1.23 bits per heavy atom. The molecule has 0 bridgehead atoms. The molecule has 1 aromatic rings. The van der Waals surface area contributed by atoms with Gasteiger partial charge in [-0.2, -0.15) is 0 Å². The topological polar surface area (TPSA) is 58.8 Å². The molecule has 1 fully saturated rings. The smallest absolute Gasteiger partial charge is 0.240 e. The highest BCUT2D eigenvalue weighted by molar-refractivity contribution is 5.82. The predicted octanol–water partition coefficient (Wildman–Crippen LogP) is 1.72. The van der Waals surface area contributed by atoms with Crippen LogP contribution in [0.25, 0.3) is 0 Å². The summed E-state index contributed by atoms with van der Waals surface area (Å²) in [4.78, 5) is 16.6. The average molecular weight is 305 g/mol. The van der Waals surface area contributed by atoms with Gasteiger partial charge in [-0.1, -0.05) is 26.8 Å². The number of nitrogens with two attached hydrogens (primary N) is 1. The van der Waals surface area contributed by atoms with E-state index in [2.05, 4.69) is 11.0 Å². The van der Waals surface area contributed by atoms with Crippen LogP contribution in [0.4, 0.5) is 5.69 Å². The van der Waals surface area contributed by atoms with E-state index in [1.165, 1.54) is 0 Å². The Labute approximate surface area is 133 Å². The fourth-order valence-corrected chi connectivity index (χ4v) is 2.56. The van der Waals surface area contributed by atoms with E-state index in [1.807, 2.05) is 43.9 Å². The minimum Gasteiger partial charge on any atom is -0.497 e. The van der Waals surface area contributed by atoms with Crippen molar-refractivity contribution >= 4 is 11.6 Å². The molecular formula is C17H27N3O2. The van der Waals surface area contributed by atoms with E-state index in [0.29, 0.717) is 13.1 Å². The molecule has 0 aliphatic carbocycles. The second-order valence-electron chi connectivity index (χ2n) is 6.86. The summed E-state index contributed by atoms with van der Waals surface area (Å²) in [5.41, 5.74) is 7.01. The minimum atomic E-state index is -0.448. The third kappa shape index (κ3) is 3.71. The first kappa shape index (κ1) is 16.6. The third-order valence-electron chi connectivity index (χ3n) is 4.21. The first-order chi connectivity index (χ1) is 10.3. The van der Waals surface area contributed by atoms with Crippen LogP contribution in [0.2, 0.25) is 0 Å². The highest BCUT2D eigenvalue weighted by atomic mass is 16.5. The van der Waals surface area contributed by atoms with Crippen LogP contribution in [0, 0.1) is 5.41 Å². The van der Waals surface area contributed by atoms with Gasteiger partial charge in [-0.3, -0.25) is 4.79 Å². The molecule has 5 nitrogen and oxygen atoms in total. The molecule has 22 heavy (non-hydrogen) atoms. The van der Waals surface area contributed by atoms with Crippen LogP contribution in [0.1, 0.15) is 20.8 Å². The Morgan fingerprint density at radius 2 is 1.86 bits per heavy atom. The molecule has 1 atom stereocenters. The van der Waals surface area contributed by atoms with E-state index in [1.54, 1.807) is 7.11 Å². The molecule has 1 aliphatic rings. The zero-order valence-electron chi connectivity index (χ0n) is 14.0. The van der Waals surface area contributed by atoms with Crippen molar-refractivity contribution in [3.63, 3.8) is 0 Å². The molecule has 0 aromatic heterocycles. The van der Waals surface area contributed by atoms with Crippen molar-refractivity contribution in [3.05, 3.63) is 24.3 Å². The number of amides is 1. The summed E-state index contributed by atoms with van der Waals surface area (Å²) >= 11 is 0. The Kier molecular flexibility index (Phi) is 4.96. The highest BCUT2D eigenvalue weighted by Crippen LogP contribution is 2.23. The Bertz CT molecular complexity index is 517. The summed E-state index contributed by atoms with van der Waals surface area (Å²) in [6.45, 7) is 9.05. The van der Waals surface area contributed by atoms with Crippen molar-refractivity contribution < 1.29 is 9.53 Å². The van der Waals surface area contributed by atoms with Gasteiger partial charge in [0.15, 0.2) is 0 Å². The van der Waals surface area contributed by atoms with E-state index in [9.17, 15) is 4.79 Å². The molecule has 5 heteroatoms. The predicted molar refractivity (Wildman–Crippen MR) is 89.2 cm³/mol. The van der Waals surface area contributed by atoms with Crippen LogP contribution in [-0.2, 0) is 4.79 Å². The highest BCUT2D eigenvalue weighted by Gasteiger charge is 2.32. The van der Waals surface area contributed by atoms with Gasteiger partial charge in [0.1, 0.15) is 5.75 Å². The molecule has 1 amide bonds. The fourth-order valence-electron chi connectivity index (χ4n) is 2.56. The Hall–Kier alpha value is -1.75. The fraction of sp³-hybridized carbons (Fsp3) is 0.588. The molecule has 0 unspecified atom stereocenters. The summed E-state index contributed by atoms with van der Waals surface area (Å²) in [5.74, 6) is 0.906. The number of ether oxygens (including phenoxy) is 1. The summed E-state index contributed by atoms with van der Waals surface area (Å²) in [7, 11) is 1.67. The molecule has 1 aromatic carbocycles. The van der Waals surface area contributed by atoms with Crippen LogP contribution in [0.3, 0.4) is 0 Å². The third-order valence-corrected chi connectivity index (χ3v) is 4.21. The number of carbonyl (C=O) groups is 1. The van der Waals surface area contributed by atoms with Crippen LogP contribution in [0.15, 0.2) is 24.3 Å². The van der Waals surface area contributed by atoms with E-state index < -0.39 is 6.04 Å². The van der Waals surface area contributed by atoms with Crippen LogP contribution in [-0.4, -0.2) is 50.1 Å². The number of methoxy groups -OCH3 is 1. The van der Waals surface area contributed by atoms with Gasteiger partial charge in [0.25, 0.3) is 0 Å². The van der Waals surface area contributed by atoms with E-state index in [-0.39, 0.29) is 11.3 Å². The second-order valence-corrected chi connectivity index (χ2v) is 6.86. The van der Waals surface area contributed by atoms with Gasteiger partial charge in [-0.25, -0.2) is 0 Å². The lowest BCUT2D eigenvalue weighted by Crippen LogP contribution is -2.56. The molecule has 1 aliphatic heterocycles. The van der Waals surface area contributed by atoms with Gasteiger partial charge in [0.05, 0.1) is 13.2 Å². The summed E-state index contributed by atoms with van der Waals surface area (Å²) in [6, 6.07) is 7.57. The van der Waals surface area contributed by atoms with E-state index in [0.717, 1.165) is 24.5 Å². The van der Waals surface area contributed by atoms with Gasteiger partial charge in [0.2, 0.25) is 5.91 Å². The van der Waals surface area contributed by atoms with Gasteiger partial charge in [-0.15, -0.1) is 0 Å². The SMILES string of the molecule is COc1cccc(N2CCN(C(=O)[C@@H](N)C(C)(C)C)CC2)c1. The Balaban J connectivity index is 1.97. The quantitative estimate of drug-likeness (QED) is 0.924. The van der Waals surface area contributed by atoms with Crippen LogP contribution in [0.5, 0.6) is 5.75 Å². The maximum absolute atomic E-state index is 12.5. The van der Waals surface area contributed by atoms with Crippen molar-refractivity contribution in [2.24, 2.45) is 11.1 Å². The summed E-state index contributed by atoms with van der Waals surface area (Å²) in [5, 5.41) is 0. The van der Waals surface area contributed by atoms with E-state index >= 15 is 0 Å². The minimum absolute atomic E-state index is 0.0535. The number of hydrogen-bond acceptors (Lipinski definition) is 4. The molecule has 0 radical (unpaired) electrons. The molecule has 0 spiro atoms. The van der Waals surface area contributed by atoms with Crippen molar-refractivity contribution in [2.45, 2.75) is 26.8 Å². The normalized spacial score (nSPS) is 17.3. The maximum Gasteiger partial charge on any atom is 0.240 e. The van der Waals surface area contributed by atoms with Crippen LogP contribution >= 0.6 is 0 Å². The maximum atomic E-state index is 12.5. The van der Waals surface area contributed by atoms with Crippen molar-refractivity contribution in [1.29, 1.82) is 0 Å². The molecule has 122 valence electrons. The first-order valence-electron chi connectivity index (χ1n) is 7.76. The monoisotopic (exact) mass is 305 g/mol. The summed E-state index contributed by atoms with van der Waals surface area (Å²) < 4.78 is 5.27. The molecule has 0 saturated carbocycles. The molecule has 2 rings (SSSR count). The molecule has 2 N–H and O–H groups in total. The van der Waals surface area contributed by atoms with Gasteiger partial charge in [-0.05, 0) is 17.5 Å². The average Bonchev–Trinajstić information content (AvgIpc) is 2.53. The van der Waals surface area contributed by atoms with E-state index in [4.69, 9.17) is 10.5 Å². The second kappa shape index (κ2) is 6.57. The lowest BCUT2D eigenvalue weighted by molar-refractivity contribution is -0.135. The van der Waals surface area contributed by atoms with Crippen molar-refractivity contribution in [1.82, 2.24) is 4.90 Å². The largest absolute Gasteiger partial charge is 0.497 e. The number of carbonyl (C=O) groups excluding carboxylic acids is 1. The number of piperazine rings is 1. The number of nitrogens with zero attached hydrogens (tertiary/aromatic N) is 2. The molecule has 1 saturated heterocycles. The lowest BCUT2D eigenvalue weighted by atomic mass is 9.86. The number of hydrogen-bond donors (Lipinski definition) is 1. The van der Waals surface area contributed by atoms with Crippen LogP contribution < -0.4 is 15.4 Å². The number of benzene rings is 1. The zero-order valence-corrected chi connectivity index (χ0v) is 14.0. The molecule has 1 heterocycles. The summed E-state index contributed by atoms with van der Waals surface area (Å²) in [6.07, 6.45) is 0. The first-order valence-corrected chi connectivity index (χ1v) is 7.76.